The van der Waals surface area contributed by atoms with Gasteiger partial charge in [-0.05, 0) is 19.3 Å². The molecular weight excluding hydrogens is 174 g/mol. The summed E-state index contributed by atoms with van der Waals surface area (Å²) < 4.78 is 5.50. The zero-order chi connectivity index (χ0) is 8.81. The summed E-state index contributed by atoms with van der Waals surface area (Å²) >= 11 is 1.46. The molecule has 0 amide bonds. The van der Waals surface area contributed by atoms with Crippen LogP contribution in [0.2, 0.25) is 0 Å². The van der Waals surface area contributed by atoms with Crippen molar-refractivity contribution in [2.45, 2.75) is 25.4 Å². The highest BCUT2D eigenvalue weighted by Crippen LogP contribution is 2.16. The Kier molecular flexibility index (Phi) is 4.24. The fraction of sp³-hybridized carbons (Fsp3) is 0.857. The van der Waals surface area contributed by atoms with E-state index in [1.54, 1.807) is 0 Å². The summed E-state index contributed by atoms with van der Waals surface area (Å²) in [5, 5.41) is 3.81. The number of rotatable bonds is 2. The Morgan fingerprint density at radius 2 is 2.42 bits per heavy atom. The van der Waals surface area contributed by atoms with E-state index in [2.05, 4.69) is 5.10 Å². The van der Waals surface area contributed by atoms with Crippen molar-refractivity contribution in [2.75, 3.05) is 12.4 Å². The molecule has 1 heterocycles. The van der Waals surface area contributed by atoms with Crippen LogP contribution < -0.4 is 11.6 Å². The third kappa shape index (κ3) is 3.32. The Bertz CT molecular complexity index is 157. The van der Waals surface area contributed by atoms with Crippen molar-refractivity contribution in [2.24, 2.45) is 16.7 Å². The van der Waals surface area contributed by atoms with E-state index < -0.39 is 0 Å². The predicted molar refractivity (Wildman–Crippen MR) is 51.9 cm³/mol. The van der Waals surface area contributed by atoms with Crippen LogP contribution in [0.1, 0.15) is 19.3 Å². The number of hydrogen-bond donors (Lipinski definition) is 2. The molecule has 70 valence electrons. The lowest BCUT2D eigenvalue weighted by molar-refractivity contribution is 0.0316. The second-order valence-corrected chi connectivity index (χ2v) is 3.81. The van der Waals surface area contributed by atoms with Crippen molar-refractivity contribution >= 4 is 16.9 Å². The van der Waals surface area contributed by atoms with Gasteiger partial charge in [-0.2, -0.15) is 5.10 Å². The first-order chi connectivity index (χ1) is 5.83. The topological polar surface area (TPSA) is 73.6 Å². The summed E-state index contributed by atoms with van der Waals surface area (Å²) in [6.07, 6.45) is 3.90. The third-order valence-corrected chi connectivity index (χ3v) is 2.76. The first-order valence-corrected chi connectivity index (χ1v) is 5.09. The third-order valence-electron chi connectivity index (χ3n) is 1.82. The molecule has 12 heavy (non-hydrogen) atoms. The number of amidine groups is 1. The van der Waals surface area contributed by atoms with E-state index >= 15 is 0 Å². The fourth-order valence-electron chi connectivity index (χ4n) is 1.15. The Hall–Kier alpha value is -0.420. The molecule has 1 aliphatic heterocycles. The molecule has 0 aromatic heterocycles. The lowest BCUT2D eigenvalue weighted by Crippen LogP contribution is -2.23. The van der Waals surface area contributed by atoms with Crippen LogP contribution in [-0.4, -0.2) is 23.6 Å². The van der Waals surface area contributed by atoms with Gasteiger partial charge in [-0.1, -0.05) is 11.8 Å². The van der Waals surface area contributed by atoms with Crippen molar-refractivity contribution in [1.29, 1.82) is 0 Å². The molecule has 1 rings (SSSR count). The van der Waals surface area contributed by atoms with Crippen molar-refractivity contribution in [1.82, 2.24) is 0 Å². The molecule has 0 saturated carbocycles. The summed E-state index contributed by atoms with van der Waals surface area (Å²) in [6, 6.07) is 0. The molecule has 5 heteroatoms. The van der Waals surface area contributed by atoms with Gasteiger partial charge in [-0.25, -0.2) is 0 Å². The van der Waals surface area contributed by atoms with Crippen LogP contribution in [0.5, 0.6) is 0 Å². The summed E-state index contributed by atoms with van der Waals surface area (Å²) in [4.78, 5) is 0. The van der Waals surface area contributed by atoms with Crippen molar-refractivity contribution < 1.29 is 4.74 Å². The zero-order valence-electron chi connectivity index (χ0n) is 7.03. The maximum absolute atomic E-state index is 5.50. The van der Waals surface area contributed by atoms with E-state index in [0.717, 1.165) is 18.8 Å². The number of nitrogens with two attached hydrogens (primary N) is 2. The summed E-state index contributed by atoms with van der Waals surface area (Å²) in [5.41, 5.74) is 5.42. The van der Waals surface area contributed by atoms with Crippen molar-refractivity contribution in [3.8, 4) is 0 Å². The number of thioether (sulfide) groups is 1. The number of hydrogen-bond acceptors (Lipinski definition) is 4. The highest BCUT2D eigenvalue weighted by Gasteiger charge is 2.13. The number of ether oxygens (including phenoxy) is 1. The average molecular weight is 189 g/mol. The van der Waals surface area contributed by atoms with Crippen LogP contribution in [0.25, 0.3) is 0 Å². The Morgan fingerprint density at radius 1 is 1.58 bits per heavy atom. The second-order valence-electron chi connectivity index (χ2n) is 2.77. The van der Waals surface area contributed by atoms with Gasteiger partial charge >= 0.3 is 0 Å². The minimum Gasteiger partial charge on any atom is -0.377 e. The lowest BCUT2D eigenvalue weighted by Gasteiger charge is -2.21. The van der Waals surface area contributed by atoms with Gasteiger partial charge in [-0.3, -0.25) is 0 Å². The molecule has 0 spiro atoms. The Labute approximate surface area is 76.7 Å². The minimum absolute atomic E-state index is 0.337. The van der Waals surface area contributed by atoms with Gasteiger partial charge in [0.25, 0.3) is 0 Å². The predicted octanol–water partition coefficient (Wildman–Crippen LogP) is 0.477. The zero-order valence-corrected chi connectivity index (χ0v) is 7.85. The van der Waals surface area contributed by atoms with E-state index in [1.807, 2.05) is 0 Å². The molecule has 1 fully saturated rings. The average Bonchev–Trinajstić information content (AvgIpc) is 2.16. The lowest BCUT2D eigenvalue weighted by atomic mass is 10.1. The molecule has 1 saturated heterocycles. The summed E-state index contributed by atoms with van der Waals surface area (Å²) in [5.74, 6) is 5.86. The molecule has 0 radical (unpaired) electrons. The van der Waals surface area contributed by atoms with Gasteiger partial charge in [0.05, 0.1) is 6.10 Å². The van der Waals surface area contributed by atoms with Crippen LogP contribution >= 0.6 is 11.8 Å². The monoisotopic (exact) mass is 189 g/mol. The molecule has 0 bridgehead atoms. The van der Waals surface area contributed by atoms with Crippen molar-refractivity contribution in [3.63, 3.8) is 0 Å². The molecule has 4 nitrogen and oxygen atoms in total. The minimum atomic E-state index is 0.337. The van der Waals surface area contributed by atoms with E-state index in [-0.39, 0.29) is 0 Å². The SMILES string of the molecule is NN=C(N)SCC1CCCCO1. The largest absolute Gasteiger partial charge is 0.377 e. The highest BCUT2D eigenvalue weighted by molar-refractivity contribution is 8.13. The van der Waals surface area contributed by atoms with Crippen LogP contribution in [0, 0.1) is 0 Å². The molecule has 0 aromatic rings. The first-order valence-electron chi connectivity index (χ1n) is 4.10. The van der Waals surface area contributed by atoms with Gasteiger partial charge in [-0.15, -0.1) is 0 Å². The fourth-order valence-corrected chi connectivity index (χ4v) is 1.85. The number of hydrazone groups is 1. The smallest absolute Gasteiger partial charge is 0.177 e. The van der Waals surface area contributed by atoms with Gasteiger partial charge in [0.1, 0.15) is 0 Å². The molecule has 1 aliphatic rings. The van der Waals surface area contributed by atoms with Crippen LogP contribution in [0.4, 0.5) is 0 Å². The van der Waals surface area contributed by atoms with Gasteiger partial charge in [0.2, 0.25) is 0 Å². The molecule has 0 aromatic carbocycles. The standard InChI is InChI=1S/C7H15N3OS/c8-7(10-9)12-5-6-3-1-2-4-11-6/h6H,1-5,9H2,(H2,8,10). The normalized spacial score (nSPS) is 25.7. The summed E-state index contributed by atoms with van der Waals surface area (Å²) in [7, 11) is 0. The molecule has 4 N–H and O–H groups in total. The molecule has 1 atom stereocenters. The van der Waals surface area contributed by atoms with Gasteiger partial charge in [0.15, 0.2) is 5.17 Å². The van der Waals surface area contributed by atoms with Gasteiger partial charge < -0.3 is 16.3 Å². The van der Waals surface area contributed by atoms with E-state index in [1.165, 1.54) is 24.6 Å². The maximum Gasteiger partial charge on any atom is 0.177 e. The Morgan fingerprint density at radius 3 is 3.00 bits per heavy atom. The Balaban J connectivity index is 2.13. The van der Waals surface area contributed by atoms with Crippen molar-refractivity contribution in [3.05, 3.63) is 0 Å². The first kappa shape index (κ1) is 9.67. The van der Waals surface area contributed by atoms with E-state index in [4.69, 9.17) is 16.3 Å². The number of nitrogens with zero attached hydrogens (tertiary/aromatic N) is 1. The maximum atomic E-state index is 5.50. The van der Waals surface area contributed by atoms with Crippen LogP contribution in [0.3, 0.4) is 0 Å². The van der Waals surface area contributed by atoms with Crippen LogP contribution in [-0.2, 0) is 4.74 Å². The second kappa shape index (κ2) is 5.27. The summed E-state index contributed by atoms with van der Waals surface area (Å²) in [6.45, 7) is 0.880. The molecular formula is C7H15N3OS. The van der Waals surface area contributed by atoms with E-state index in [0.29, 0.717) is 11.3 Å². The highest BCUT2D eigenvalue weighted by atomic mass is 32.2. The molecule has 1 unspecified atom stereocenters. The van der Waals surface area contributed by atoms with Crippen LogP contribution in [0.15, 0.2) is 5.10 Å². The van der Waals surface area contributed by atoms with Gasteiger partial charge in [0, 0.05) is 12.4 Å². The molecule has 0 aliphatic carbocycles. The van der Waals surface area contributed by atoms with E-state index in [9.17, 15) is 0 Å². The quantitative estimate of drug-likeness (QED) is 0.287.